The van der Waals surface area contributed by atoms with Crippen LogP contribution in [0.15, 0.2) is 41.7 Å². The molecule has 176 valence electrons. The first kappa shape index (κ1) is 23.9. The number of guanidine groups is 1. The molecule has 1 saturated heterocycles. The summed E-state index contributed by atoms with van der Waals surface area (Å²) in [5.74, 6) is 2.66. The van der Waals surface area contributed by atoms with Crippen molar-refractivity contribution in [1.82, 2.24) is 25.3 Å². The molecule has 1 aliphatic heterocycles. The van der Waals surface area contributed by atoms with Gasteiger partial charge in [0, 0.05) is 52.2 Å². The number of methoxy groups -OCH3 is 2. The van der Waals surface area contributed by atoms with Crippen LogP contribution >= 0.6 is 0 Å². The molecule has 0 aliphatic carbocycles. The van der Waals surface area contributed by atoms with Crippen molar-refractivity contribution in [2.24, 2.45) is 10.9 Å². The predicted molar refractivity (Wildman–Crippen MR) is 125 cm³/mol. The summed E-state index contributed by atoms with van der Waals surface area (Å²) in [5.41, 5.74) is 1.17. The highest BCUT2D eigenvalue weighted by Crippen LogP contribution is 2.32. The minimum atomic E-state index is 0.152. The molecular weight excluding hydrogens is 408 g/mol. The van der Waals surface area contributed by atoms with Crippen molar-refractivity contribution in [3.8, 4) is 11.5 Å². The third kappa shape index (κ3) is 6.61. The Bertz CT molecular complexity index is 836. The molecule has 1 aromatic carbocycles. The second-order valence-electron chi connectivity index (χ2n) is 7.95. The number of hydrogen-bond acceptors (Lipinski definition) is 6. The molecule has 2 unspecified atom stereocenters. The lowest BCUT2D eigenvalue weighted by Gasteiger charge is -2.35. The first-order chi connectivity index (χ1) is 15.6. The molecule has 3 rings (SSSR count). The number of nitrogens with zero attached hydrogens (tertiary/aromatic N) is 4. The fourth-order valence-corrected chi connectivity index (χ4v) is 3.88. The Morgan fingerprint density at radius 3 is 2.56 bits per heavy atom. The van der Waals surface area contributed by atoms with Crippen LogP contribution in [0, 0.1) is 5.92 Å². The van der Waals surface area contributed by atoms with Gasteiger partial charge in [0.15, 0.2) is 17.5 Å². The van der Waals surface area contributed by atoms with Crippen LogP contribution in [0.2, 0.25) is 0 Å². The number of benzene rings is 1. The summed E-state index contributed by atoms with van der Waals surface area (Å²) in [4.78, 5) is 6.85. The molecule has 2 aromatic rings. The molecule has 0 bridgehead atoms. The SMILES string of the molecule is CN=C(NCC(C)Cn1cccn1)NCC(c1ccc(OC)c(OC)c1)N1CCOCC1. The van der Waals surface area contributed by atoms with E-state index in [2.05, 4.69) is 44.7 Å². The van der Waals surface area contributed by atoms with Crippen LogP contribution < -0.4 is 20.1 Å². The number of rotatable bonds is 10. The molecule has 0 radical (unpaired) electrons. The first-order valence-electron chi connectivity index (χ1n) is 11.1. The second kappa shape index (κ2) is 12.3. The molecule has 1 fully saturated rings. The Morgan fingerprint density at radius 1 is 1.16 bits per heavy atom. The highest BCUT2D eigenvalue weighted by Gasteiger charge is 2.24. The highest BCUT2D eigenvalue weighted by atomic mass is 16.5. The van der Waals surface area contributed by atoms with Crippen molar-refractivity contribution in [2.75, 3.05) is 60.7 Å². The predicted octanol–water partition coefficient (Wildman–Crippen LogP) is 1.77. The zero-order valence-electron chi connectivity index (χ0n) is 19.6. The largest absolute Gasteiger partial charge is 0.493 e. The Labute approximate surface area is 190 Å². The van der Waals surface area contributed by atoms with Crippen molar-refractivity contribution >= 4 is 5.96 Å². The van der Waals surface area contributed by atoms with E-state index in [0.717, 1.165) is 56.9 Å². The average molecular weight is 445 g/mol. The van der Waals surface area contributed by atoms with E-state index in [4.69, 9.17) is 14.2 Å². The molecule has 0 spiro atoms. The lowest BCUT2D eigenvalue weighted by molar-refractivity contribution is 0.0169. The fourth-order valence-electron chi connectivity index (χ4n) is 3.88. The number of nitrogens with one attached hydrogen (secondary N) is 2. The van der Waals surface area contributed by atoms with Crippen molar-refractivity contribution in [2.45, 2.75) is 19.5 Å². The quantitative estimate of drug-likeness (QED) is 0.427. The highest BCUT2D eigenvalue weighted by molar-refractivity contribution is 5.79. The summed E-state index contributed by atoms with van der Waals surface area (Å²) in [6.45, 7) is 7.81. The normalized spacial score (nSPS) is 16.9. The summed E-state index contributed by atoms with van der Waals surface area (Å²) in [6.07, 6.45) is 3.79. The van der Waals surface area contributed by atoms with Gasteiger partial charge in [-0.3, -0.25) is 14.6 Å². The van der Waals surface area contributed by atoms with E-state index in [9.17, 15) is 0 Å². The molecular formula is C23H36N6O3. The van der Waals surface area contributed by atoms with Crippen LogP contribution in [0.1, 0.15) is 18.5 Å². The van der Waals surface area contributed by atoms with Gasteiger partial charge < -0.3 is 24.8 Å². The van der Waals surface area contributed by atoms with Crippen LogP contribution in [0.5, 0.6) is 11.5 Å². The van der Waals surface area contributed by atoms with Gasteiger partial charge in [0.1, 0.15) is 0 Å². The van der Waals surface area contributed by atoms with Gasteiger partial charge in [0.2, 0.25) is 0 Å². The number of ether oxygens (including phenoxy) is 3. The van der Waals surface area contributed by atoms with Crippen LogP contribution in [0.25, 0.3) is 0 Å². The maximum absolute atomic E-state index is 5.57. The van der Waals surface area contributed by atoms with Gasteiger partial charge in [-0.05, 0) is 29.7 Å². The van der Waals surface area contributed by atoms with Crippen molar-refractivity contribution in [3.63, 3.8) is 0 Å². The van der Waals surface area contributed by atoms with E-state index in [-0.39, 0.29) is 6.04 Å². The summed E-state index contributed by atoms with van der Waals surface area (Å²) < 4.78 is 18.5. The third-order valence-electron chi connectivity index (χ3n) is 5.64. The Balaban J connectivity index is 1.63. The van der Waals surface area contributed by atoms with E-state index in [1.807, 2.05) is 23.0 Å². The zero-order valence-corrected chi connectivity index (χ0v) is 19.6. The molecule has 0 saturated carbocycles. The standard InChI is InChI=1S/C23H36N6O3/c1-18(17-29-9-5-8-27-29)15-25-23(24-2)26-16-20(28-10-12-32-13-11-28)19-6-7-21(30-3)22(14-19)31-4/h5-9,14,18,20H,10-13,15-17H2,1-4H3,(H2,24,25,26). The lowest BCUT2D eigenvalue weighted by Crippen LogP contribution is -2.47. The van der Waals surface area contributed by atoms with Crippen molar-refractivity contribution in [3.05, 3.63) is 42.2 Å². The van der Waals surface area contributed by atoms with Crippen molar-refractivity contribution < 1.29 is 14.2 Å². The van der Waals surface area contributed by atoms with Gasteiger partial charge >= 0.3 is 0 Å². The maximum atomic E-state index is 5.57. The molecule has 2 N–H and O–H groups in total. The monoisotopic (exact) mass is 444 g/mol. The number of aromatic nitrogens is 2. The van der Waals surface area contributed by atoms with Gasteiger partial charge in [0.05, 0.1) is 33.5 Å². The van der Waals surface area contributed by atoms with Gasteiger partial charge in [-0.2, -0.15) is 5.10 Å². The molecule has 0 amide bonds. The van der Waals surface area contributed by atoms with Crippen molar-refractivity contribution in [1.29, 1.82) is 0 Å². The summed E-state index contributed by atoms with van der Waals surface area (Å²) in [7, 11) is 5.12. The number of hydrogen-bond donors (Lipinski definition) is 2. The van der Waals surface area contributed by atoms with Crippen LogP contribution in [-0.4, -0.2) is 81.3 Å². The molecule has 32 heavy (non-hydrogen) atoms. The van der Waals surface area contributed by atoms with Crippen LogP contribution in [0.3, 0.4) is 0 Å². The number of morpholine rings is 1. The minimum absolute atomic E-state index is 0.152. The van der Waals surface area contributed by atoms with Crippen LogP contribution in [-0.2, 0) is 11.3 Å². The summed E-state index contributed by atoms with van der Waals surface area (Å²) in [5, 5.41) is 11.2. The second-order valence-corrected chi connectivity index (χ2v) is 7.95. The smallest absolute Gasteiger partial charge is 0.191 e. The molecule has 1 aromatic heterocycles. The maximum Gasteiger partial charge on any atom is 0.191 e. The lowest BCUT2D eigenvalue weighted by atomic mass is 10.0. The average Bonchev–Trinajstić information content (AvgIpc) is 3.34. The Hall–Kier alpha value is -2.78. The molecule has 1 aliphatic rings. The van der Waals surface area contributed by atoms with E-state index in [0.29, 0.717) is 12.5 Å². The zero-order chi connectivity index (χ0) is 22.8. The summed E-state index contributed by atoms with van der Waals surface area (Å²) >= 11 is 0. The van der Waals surface area contributed by atoms with E-state index >= 15 is 0 Å². The molecule has 2 heterocycles. The fraction of sp³-hybridized carbons (Fsp3) is 0.565. The summed E-state index contributed by atoms with van der Waals surface area (Å²) in [6, 6.07) is 8.22. The topological polar surface area (TPSA) is 85.2 Å². The first-order valence-corrected chi connectivity index (χ1v) is 11.1. The van der Waals surface area contributed by atoms with Gasteiger partial charge in [-0.1, -0.05) is 13.0 Å². The van der Waals surface area contributed by atoms with Gasteiger partial charge in [-0.15, -0.1) is 0 Å². The van der Waals surface area contributed by atoms with Gasteiger partial charge in [-0.25, -0.2) is 0 Å². The third-order valence-corrected chi connectivity index (χ3v) is 5.64. The molecule has 2 atom stereocenters. The number of aliphatic imine (C=N–C) groups is 1. The molecule has 9 nitrogen and oxygen atoms in total. The Morgan fingerprint density at radius 2 is 1.91 bits per heavy atom. The van der Waals surface area contributed by atoms with E-state index in [1.165, 1.54) is 5.56 Å². The van der Waals surface area contributed by atoms with Gasteiger partial charge in [0.25, 0.3) is 0 Å². The van der Waals surface area contributed by atoms with E-state index < -0.39 is 0 Å². The Kier molecular flexibility index (Phi) is 9.18. The van der Waals surface area contributed by atoms with E-state index in [1.54, 1.807) is 27.5 Å². The van der Waals surface area contributed by atoms with Crippen LogP contribution in [0.4, 0.5) is 0 Å². The molecule has 9 heteroatoms. The minimum Gasteiger partial charge on any atom is -0.493 e.